The van der Waals surface area contributed by atoms with E-state index in [0.29, 0.717) is 25.6 Å². The first-order valence-corrected chi connectivity index (χ1v) is 6.97. The lowest BCUT2D eigenvalue weighted by atomic mass is 10.2. The molecule has 1 aliphatic rings. The largest absolute Gasteiger partial charge is 0.481 e. The van der Waals surface area contributed by atoms with Gasteiger partial charge in [-0.1, -0.05) is 18.2 Å². The summed E-state index contributed by atoms with van der Waals surface area (Å²) in [4.78, 5) is 24.5. The van der Waals surface area contributed by atoms with E-state index in [9.17, 15) is 9.59 Å². The van der Waals surface area contributed by atoms with Crippen molar-refractivity contribution in [1.29, 1.82) is 0 Å². The second-order valence-electron chi connectivity index (χ2n) is 5.03. The molecule has 0 heterocycles. The molecule has 5 heteroatoms. The number of nitrogens with zero attached hydrogens (tertiary/aromatic N) is 1. The predicted octanol–water partition coefficient (Wildman–Crippen LogP) is 1.64. The number of carbonyl (C=O) groups excluding carboxylic acids is 1. The van der Waals surface area contributed by atoms with Crippen LogP contribution in [-0.2, 0) is 9.59 Å². The Hall–Kier alpha value is -1.88. The van der Waals surface area contributed by atoms with Gasteiger partial charge in [0.1, 0.15) is 0 Å². The molecule has 0 bridgehead atoms. The lowest BCUT2D eigenvalue weighted by molar-refractivity contribution is -0.137. The smallest absolute Gasteiger partial charge is 0.303 e. The summed E-state index contributed by atoms with van der Waals surface area (Å²) in [5.74, 6) is -0.838. The molecule has 0 atom stereocenters. The number of aliphatic carboxylic acids is 1. The third-order valence-electron chi connectivity index (χ3n) is 3.26. The quantitative estimate of drug-likeness (QED) is 0.757. The minimum Gasteiger partial charge on any atom is -0.481 e. The Labute approximate surface area is 118 Å². The fourth-order valence-corrected chi connectivity index (χ4v) is 2.01. The monoisotopic (exact) mass is 276 g/mol. The SMILES string of the molecule is O=C(O)CCCN(C(=O)CNC1CC1)c1ccccc1. The van der Waals surface area contributed by atoms with Crippen LogP contribution in [0.15, 0.2) is 30.3 Å². The standard InChI is InChI=1S/C15H20N2O3/c18-14(11-16-12-8-9-12)17(10-4-7-15(19)20)13-5-2-1-3-6-13/h1-3,5-6,12,16H,4,7-11H2,(H,19,20). The summed E-state index contributed by atoms with van der Waals surface area (Å²) in [6.45, 7) is 0.744. The fourth-order valence-electron chi connectivity index (χ4n) is 2.01. The molecular formula is C15H20N2O3. The van der Waals surface area contributed by atoms with Gasteiger partial charge in [0.25, 0.3) is 0 Å². The van der Waals surface area contributed by atoms with Gasteiger partial charge in [0.05, 0.1) is 6.54 Å². The number of carboxylic acids is 1. The van der Waals surface area contributed by atoms with E-state index < -0.39 is 5.97 Å². The number of anilines is 1. The zero-order valence-corrected chi connectivity index (χ0v) is 11.4. The maximum atomic E-state index is 12.3. The van der Waals surface area contributed by atoms with Crippen LogP contribution in [0.4, 0.5) is 5.69 Å². The third-order valence-corrected chi connectivity index (χ3v) is 3.26. The van der Waals surface area contributed by atoms with Gasteiger partial charge >= 0.3 is 5.97 Å². The summed E-state index contributed by atoms with van der Waals surface area (Å²) >= 11 is 0. The van der Waals surface area contributed by atoms with Gasteiger partial charge in [0, 0.05) is 24.7 Å². The molecule has 2 rings (SSSR count). The van der Waals surface area contributed by atoms with E-state index in [2.05, 4.69) is 5.32 Å². The van der Waals surface area contributed by atoms with Gasteiger partial charge < -0.3 is 15.3 Å². The fraction of sp³-hybridized carbons (Fsp3) is 0.467. The topological polar surface area (TPSA) is 69.6 Å². The highest BCUT2D eigenvalue weighted by Gasteiger charge is 2.23. The molecule has 0 saturated heterocycles. The molecular weight excluding hydrogens is 256 g/mol. The van der Waals surface area contributed by atoms with Gasteiger partial charge in [-0.15, -0.1) is 0 Å². The van der Waals surface area contributed by atoms with Crippen molar-refractivity contribution in [2.24, 2.45) is 0 Å². The minimum atomic E-state index is -0.832. The van der Waals surface area contributed by atoms with E-state index in [-0.39, 0.29) is 12.3 Å². The molecule has 1 aromatic carbocycles. The number of para-hydroxylation sites is 1. The molecule has 1 amide bonds. The van der Waals surface area contributed by atoms with Crippen molar-refractivity contribution in [2.45, 2.75) is 31.7 Å². The number of hydrogen-bond donors (Lipinski definition) is 2. The normalized spacial score (nSPS) is 14.0. The van der Waals surface area contributed by atoms with Gasteiger partial charge in [-0.3, -0.25) is 9.59 Å². The number of benzene rings is 1. The zero-order valence-electron chi connectivity index (χ0n) is 11.4. The van der Waals surface area contributed by atoms with Crippen LogP contribution in [-0.4, -0.2) is 36.1 Å². The lowest BCUT2D eigenvalue weighted by Gasteiger charge is -2.23. The molecule has 5 nitrogen and oxygen atoms in total. The Bertz CT molecular complexity index is 457. The Morgan fingerprint density at radius 1 is 1.25 bits per heavy atom. The minimum absolute atomic E-state index is 0.00603. The van der Waals surface area contributed by atoms with Crippen molar-refractivity contribution >= 4 is 17.6 Å². The highest BCUT2D eigenvalue weighted by atomic mass is 16.4. The van der Waals surface area contributed by atoms with E-state index in [0.717, 1.165) is 18.5 Å². The van der Waals surface area contributed by atoms with Crippen molar-refractivity contribution in [3.05, 3.63) is 30.3 Å². The van der Waals surface area contributed by atoms with E-state index in [4.69, 9.17) is 5.11 Å². The molecule has 20 heavy (non-hydrogen) atoms. The third kappa shape index (κ3) is 4.66. The summed E-state index contributed by atoms with van der Waals surface area (Å²) in [6, 6.07) is 9.87. The van der Waals surface area contributed by atoms with Gasteiger partial charge in [0.15, 0.2) is 0 Å². The summed E-state index contributed by atoms with van der Waals surface area (Å²) in [7, 11) is 0. The summed E-state index contributed by atoms with van der Waals surface area (Å²) < 4.78 is 0. The average molecular weight is 276 g/mol. The maximum absolute atomic E-state index is 12.3. The highest BCUT2D eigenvalue weighted by molar-refractivity contribution is 5.94. The molecule has 1 aliphatic carbocycles. The Balaban J connectivity index is 1.94. The Kier molecular flexibility index (Phi) is 5.12. The number of amides is 1. The van der Waals surface area contributed by atoms with Crippen LogP contribution in [0, 0.1) is 0 Å². The first-order chi connectivity index (χ1) is 9.66. The van der Waals surface area contributed by atoms with Crippen LogP contribution in [0.2, 0.25) is 0 Å². The van der Waals surface area contributed by atoms with Crippen molar-refractivity contribution in [3.8, 4) is 0 Å². The van der Waals surface area contributed by atoms with Crippen molar-refractivity contribution in [2.75, 3.05) is 18.0 Å². The van der Waals surface area contributed by atoms with Gasteiger partial charge in [-0.2, -0.15) is 0 Å². The van der Waals surface area contributed by atoms with Crippen molar-refractivity contribution in [3.63, 3.8) is 0 Å². The average Bonchev–Trinajstić information content (AvgIpc) is 3.26. The van der Waals surface area contributed by atoms with Gasteiger partial charge in [-0.05, 0) is 31.4 Å². The number of carboxylic acid groups (broad SMARTS) is 1. The lowest BCUT2D eigenvalue weighted by Crippen LogP contribution is -2.39. The van der Waals surface area contributed by atoms with Crippen LogP contribution >= 0.6 is 0 Å². The summed E-state index contributed by atoms with van der Waals surface area (Å²) in [5.41, 5.74) is 0.820. The number of rotatable bonds is 8. The van der Waals surface area contributed by atoms with Crippen LogP contribution in [0.3, 0.4) is 0 Å². The molecule has 0 spiro atoms. The second-order valence-corrected chi connectivity index (χ2v) is 5.03. The van der Waals surface area contributed by atoms with E-state index in [1.807, 2.05) is 30.3 Å². The summed E-state index contributed by atoms with van der Waals surface area (Å²) in [6.07, 6.45) is 2.81. The molecule has 0 aliphatic heterocycles. The number of carbonyl (C=O) groups is 2. The predicted molar refractivity (Wildman–Crippen MR) is 76.7 cm³/mol. The molecule has 0 radical (unpaired) electrons. The second kappa shape index (κ2) is 7.05. The Morgan fingerprint density at radius 3 is 2.55 bits per heavy atom. The van der Waals surface area contributed by atoms with E-state index in [1.54, 1.807) is 4.90 Å². The van der Waals surface area contributed by atoms with Crippen LogP contribution in [0.5, 0.6) is 0 Å². The van der Waals surface area contributed by atoms with Crippen LogP contribution in [0.25, 0.3) is 0 Å². The summed E-state index contributed by atoms with van der Waals surface area (Å²) in [5, 5.41) is 11.9. The van der Waals surface area contributed by atoms with E-state index in [1.165, 1.54) is 0 Å². The molecule has 1 saturated carbocycles. The number of nitrogens with one attached hydrogen (secondary N) is 1. The maximum Gasteiger partial charge on any atom is 0.303 e. The Morgan fingerprint density at radius 2 is 1.95 bits per heavy atom. The molecule has 108 valence electrons. The molecule has 2 N–H and O–H groups in total. The zero-order chi connectivity index (χ0) is 14.4. The van der Waals surface area contributed by atoms with E-state index >= 15 is 0 Å². The first-order valence-electron chi connectivity index (χ1n) is 6.97. The van der Waals surface area contributed by atoms with Gasteiger partial charge in [-0.25, -0.2) is 0 Å². The van der Waals surface area contributed by atoms with Crippen LogP contribution < -0.4 is 10.2 Å². The molecule has 1 fully saturated rings. The van der Waals surface area contributed by atoms with Crippen molar-refractivity contribution in [1.82, 2.24) is 5.32 Å². The molecule has 0 aromatic heterocycles. The van der Waals surface area contributed by atoms with Crippen LogP contribution in [0.1, 0.15) is 25.7 Å². The molecule has 1 aromatic rings. The van der Waals surface area contributed by atoms with Crippen molar-refractivity contribution < 1.29 is 14.7 Å². The van der Waals surface area contributed by atoms with Gasteiger partial charge in [0.2, 0.25) is 5.91 Å². The molecule has 0 unspecified atom stereocenters. The number of hydrogen-bond acceptors (Lipinski definition) is 3. The highest BCUT2D eigenvalue weighted by Crippen LogP contribution is 2.19. The first kappa shape index (κ1) is 14.5.